The van der Waals surface area contributed by atoms with Crippen LogP contribution in [0.1, 0.15) is 15.9 Å². The van der Waals surface area contributed by atoms with Gasteiger partial charge in [0.05, 0.1) is 16.8 Å². The Morgan fingerprint density at radius 1 is 0.926 bits per heavy atom. The van der Waals surface area contributed by atoms with Gasteiger partial charge in [-0.05, 0) is 42.8 Å². The monoisotopic (exact) mass is 372 g/mol. The van der Waals surface area contributed by atoms with Crippen LogP contribution >= 0.6 is 11.6 Å². The first-order chi connectivity index (χ1) is 13.1. The van der Waals surface area contributed by atoms with E-state index in [1.54, 1.807) is 0 Å². The van der Waals surface area contributed by atoms with Gasteiger partial charge < -0.3 is 5.32 Å². The van der Waals surface area contributed by atoms with E-state index in [9.17, 15) is 4.79 Å². The number of fused-ring (bicyclic) bond motifs is 1. The fourth-order valence-corrected chi connectivity index (χ4v) is 3.16. The smallest absolute Gasteiger partial charge is 0.256 e. The molecule has 1 heterocycles. The number of hydrogen-bond donors (Lipinski definition) is 1. The molecule has 1 aromatic heterocycles. The summed E-state index contributed by atoms with van der Waals surface area (Å²) in [6.45, 7) is 1.97. The minimum atomic E-state index is -0.155. The zero-order valence-corrected chi connectivity index (χ0v) is 15.5. The van der Waals surface area contributed by atoms with E-state index in [2.05, 4.69) is 5.32 Å². The second-order valence-corrected chi connectivity index (χ2v) is 6.78. The third kappa shape index (κ3) is 3.55. The number of nitrogens with zero attached hydrogens (tertiary/aromatic N) is 1. The molecule has 0 bridgehead atoms. The molecule has 0 spiro atoms. The topological polar surface area (TPSA) is 42.0 Å². The van der Waals surface area contributed by atoms with Crippen molar-refractivity contribution in [2.45, 2.75) is 6.92 Å². The number of benzene rings is 3. The molecule has 0 saturated carbocycles. The molecule has 3 aromatic carbocycles. The normalized spacial score (nSPS) is 10.7. The number of amides is 1. The average molecular weight is 373 g/mol. The number of aryl methyl sites for hydroxylation is 1. The number of pyridine rings is 1. The molecule has 4 heteroatoms. The fourth-order valence-electron chi connectivity index (χ4n) is 3.03. The van der Waals surface area contributed by atoms with E-state index >= 15 is 0 Å². The summed E-state index contributed by atoms with van der Waals surface area (Å²) in [4.78, 5) is 17.8. The van der Waals surface area contributed by atoms with Crippen molar-refractivity contribution in [2.75, 3.05) is 5.32 Å². The molecule has 4 aromatic rings. The Morgan fingerprint density at radius 3 is 2.41 bits per heavy atom. The summed E-state index contributed by atoms with van der Waals surface area (Å²) in [6.07, 6.45) is 0. The molecule has 0 aliphatic rings. The van der Waals surface area contributed by atoms with Crippen molar-refractivity contribution in [1.82, 2.24) is 4.98 Å². The number of rotatable bonds is 3. The molecule has 0 atom stereocenters. The van der Waals surface area contributed by atoms with Crippen LogP contribution < -0.4 is 5.32 Å². The van der Waals surface area contributed by atoms with Crippen molar-refractivity contribution in [3.05, 3.63) is 95.0 Å². The lowest BCUT2D eigenvalue weighted by Gasteiger charge is -2.12. The molecular weight excluding hydrogens is 356 g/mol. The van der Waals surface area contributed by atoms with Gasteiger partial charge in [-0.3, -0.25) is 4.79 Å². The molecule has 4 rings (SSSR count). The predicted molar refractivity (Wildman–Crippen MR) is 111 cm³/mol. The van der Waals surface area contributed by atoms with Gasteiger partial charge in [-0.2, -0.15) is 0 Å². The summed E-state index contributed by atoms with van der Waals surface area (Å²) in [5, 5.41) is 4.50. The average Bonchev–Trinajstić information content (AvgIpc) is 2.69. The van der Waals surface area contributed by atoms with E-state index in [0.29, 0.717) is 10.6 Å². The summed E-state index contributed by atoms with van der Waals surface area (Å²) in [6, 6.07) is 24.7. The van der Waals surface area contributed by atoms with Gasteiger partial charge in [0.25, 0.3) is 5.91 Å². The molecule has 1 N–H and O–H groups in total. The molecular formula is C23H17ClN2O. The standard InChI is InChI=1S/C23H17ClN2O/c1-15-6-2-4-8-20(15)26-23(27)19-14-22(16-10-12-17(24)13-11-16)25-21-9-5-3-7-18(19)21/h2-14H,1H3,(H,26,27). The van der Waals surface area contributed by atoms with Gasteiger partial charge in [0.15, 0.2) is 0 Å². The maximum atomic E-state index is 13.1. The highest BCUT2D eigenvalue weighted by molar-refractivity contribution is 6.30. The van der Waals surface area contributed by atoms with E-state index in [1.807, 2.05) is 85.8 Å². The minimum absolute atomic E-state index is 0.155. The lowest BCUT2D eigenvalue weighted by molar-refractivity contribution is 0.102. The maximum absolute atomic E-state index is 13.1. The van der Waals surface area contributed by atoms with Crippen LogP contribution in [0.3, 0.4) is 0 Å². The van der Waals surface area contributed by atoms with E-state index < -0.39 is 0 Å². The van der Waals surface area contributed by atoms with Crippen molar-refractivity contribution >= 4 is 34.1 Å². The van der Waals surface area contributed by atoms with Crippen LogP contribution in [0.4, 0.5) is 5.69 Å². The van der Waals surface area contributed by atoms with Gasteiger partial charge in [0, 0.05) is 21.7 Å². The van der Waals surface area contributed by atoms with Gasteiger partial charge in [-0.15, -0.1) is 0 Å². The van der Waals surface area contributed by atoms with Gasteiger partial charge >= 0.3 is 0 Å². The Balaban J connectivity index is 1.82. The van der Waals surface area contributed by atoms with E-state index in [4.69, 9.17) is 16.6 Å². The number of anilines is 1. The molecule has 0 aliphatic heterocycles. The molecule has 0 saturated heterocycles. The molecule has 0 radical (unpaired) electrons. The van der Waals surface area contributed by atoms with Crippen molar-refractivity contribution in [3.8, 4) is 11.3 Å². The van der Waals surface area contributed by atoms with Crippen LogP contribution in [0.5, 0.6) is 0 Å². The summed E-state index contributed by atoms with van der Waals surface area (Å²) >= 11 is 6.00. The fraction of sp³-hybridized carbons (Fsp3) is 0.0435. The molecule has 27 heavy (non-hydrogen) atoms. The number of para-hydroxylation sites is 2. The largest absolute Gasteiger partial charge is 0.322 e. The maximum Gasteiger partial charge on any atom is 0.256 e. The Labute approximate surface area is 162 Å². The lowest BCUT2D eigenvalue weighted by atomic mass is 10.0. The molecule has 3 nitrogen and oxygen atoms in total. The first kappa shape index (κ1) is 17.3. The quantitative estimate of drug-likeness (QED) is 0.471. The summed E-state index contributed by atoms with van der Waals surface area (Å²) < 4.78 is 0. The zero-order chi connectivity index (χ0) is 18.8. The predicted octanol–water partition coefficient (Wildman–Crippen LogP) is 6.12. The summed E-state index contributed by atoms with van der Waals surface area (Å²) in [5.41, 5.74) is 4.84. The molecule has 132 valence electrons. The van der Waals surface area contributed by atoms with Crippen LogP contribution in [0.25, 0.3) is 22.2 Å². The first-order valence-corrected chi connectivity index (χ1v) is 9.02. The lowest BCUT2D eigenvalue weighted by Crippen LogP contribution is -2.13. The van der Waals surface area contributed by atoms with Crippen molar-refractivity contribution in [2.24, 2.45) is 0 Å². The highest BCUT2D eigenvalue weighted by Gasteiger charge is 2.14. The molecule has 0 aliphatic carbocycles. The van der Waals surface area contributed by atoms with Crippen LogP contribution in [0, 0.1) is 6.92 Å². The number of nitrogens with one attached hydrogen (secondary N) is 1. The Kier molecular flexibility index (Phi) is 4.61. The molecule has 1 amide bonds. The number of carbonyl (C=O) groups is 1. The van der Waals surface area contributed by atoms with E-state index in [0.717, 1.165) is 33.4 Å². The van der Waals surface area contributed by atoms with Crippen LogP contribution in [-0.4, -0.2) is 10.9 Å². The first-order valence-electron chi connectivity index (χ1n) is 8.64. The van der Waals surface area contributed by atoms with Gasteiger partial charge in [0.2, 0.25) is 0 Å². The highest BCUT2D eigenvalue weighted by Crippen LogP contribution is 2.27. The van der Waals surface area contributed by atoms with Gasteiger partial charge in [-0.25, -0.2) is 4.98 Å². The SMILES string of the molecule is Cc1ccccc1NC(=O)c1cc(-c2ccc(Cl)cc2)nc2ccccc12. The second kappa shape index (κ2) is 7.22. The number of carbonyl (C=O) groups excluding carboxylic acids is 1. The number of halogens is 1. The van der Waals surface area contributed by atoms with Gasteiger partial charge in [-0.1, -0.05) is 60.1 Å². The Morgan fingerprint density at radius 2 is 1.63 bits per heavy atom. The third-order valence-electron chi connectivity index (χ3n) is 4.49. The zero-order valence-electron chi connectivity index (χ0n) is 14.7. The summed E-state index contributed by atoms with van der Waals surface area (Å²) in [5.74, 6) is -0.155. The van der Waals surface area contributed by atoms with Crippen LogP contribution in [0.15, 0.2) is 78.9 Å². The molecule has 0 unspecified atom stereocenters. The minimum Gasteiger partial charge on any atom is -0.322 e. The summed E-state index contributed by atoms with van der Waals surface area (Å²) in [7, 11) is 0. The number of aromatic nitrogens is 1. The van der Waals surface area contributed by atoms with Crippen LogP contribution in [-0.2, 0) is 0 Å². The Bertz CT molecular complexity index is 1140. The number of hydrogen-bond acceptors (Lipinski definition) is 2. The van der Waals surface area contributed by atoms with E-state index in [1.165, 1.54) is 0 Å². The van der Waals surface area contributed by atoms with Crippen molar-refractivity contribution in [3.63, 3.8) is 0 Å². The van der Waals surface area contributed by atoms with Crippen molar-refractivity contribution < 1.29 is 4.79 Å². The second-order valence-electron chi connectivity index (χ2n) is 6.35. The van der Waals surface area contributed by atoms with Crippen LogP contribution in [0.2, 0.25) is 5.02 Å². The Hall–Kier alpha value is -3.17. The van der Waals surface area contributed by atoms with E-state index in [-0.39, 0.29) is 5.91 Å². The highest BCUT2D eigenvalue weighted by atomic mass is 35.5. The van der Waals surface area contributed by atoms with Gasteiger partial charge in [0.1, 0.15) is 0 Å². The van der Waals surface area contributed by atoms with Crippen molar-refractivity contribution in [1.29, 1.82) is 0 Å². The molecule has 0 fully saturated rings. The third-order valence-corrected chi connectivity index (χ3v) is 4.75.